The van der Waals surface area contributed by atoms with Crippen LogP contribution in [0.25, 0.3) is 0 Å². The Morgan fingerprint density at radius 2 is 1.92 bits per heavy atom. The maximum atomic E-state index is 3.48. The predicted molar refractivity (Wildman–Crippen MR) is 57.9 cm³/mol. The summed E-state index contributed by atoms with van der Waals surface area (Å²) >= 11 is 0. The maximum Gasteiger partial charge on any atom is 0.00768 e. The van der Waals surface area contributed by atoms with Crippen molar-refractivity contribution in [3.05, 3.63) is 0 Å². The minimum atomic E-state index is 0.823. The Hall–Kier alpha value is -0.0800. The van der Waals surface area contributed by atoms with E-state index >= 15 is 0 Å². The molecular weight excluding hydrogens is 160 g/mol. The lowest BCUT2D eigenvalue weighted by Crippen LogP contribution is -2.30. The van der Waals surface area contributed by atoms with Crippen LogP contribution in [0, 0.1) is 11.8 Å². The number of nitrogens with one attached hydrogen (secondary N) is 2. The van der Waals surface area contributed by atoms with E-state index in [1.54, 1.807) is 0 Å². The van der Waals surface area contributed by atoms with Gasteiger partial charge in [-0.05, 0) is 37.8 Å². The van der Waals surface area contributed by atoms with Crippen LogP contribution in [0.1, 0.15) is 33.1 Å². The summed E-state index contributed by atoms with van der Waals surface area (Å²) in [6, 6.07) is 0. The first-order valence-electron chi connectivity index (χ1n) is 5.74. The number of hydrogen-bond donors (Lipinski definition) is 2. The molecule has 0 aromatic heterocycles. The molecule has 1 fully saturated rings. The zero-order chi connectivity index (χ0) is 9.52. The second kappa shape index (κ2) is 6.39. The molecule has 0 saturated heterocycles. The highest BCUT2D eigenvalue weighted by atomic mass is 14.9. The summed E-state index contributed by atoms with van der Waals surface area (Å²) in [5.41, 5.74) is 0. The fourth-order valence-corrected chi connectivity index (χ4v) is 1.30. The van der Waals surface area contributed by atoms with Crippen LogP contribution in [0.4, 0.5) is 0 Å². The van der Waals surface area contributed by atoms with Crippen molar-refractivity contribution < 1.29 is 0 Å². The van der Waals surface area contributed by atoms with Crippen LogP contribution in [0.2, 0.25) is 0 Å². The quantitative estimate of drug-likeness (QED) is 0.560. The van der Waals surface area contributed by atoms with Crippen LogP contribution in [0.15, 0.2) is 0 Å². The van der Waals surface area contributed by atoms with Gasteiger partial charge in [0.1, 0.15) is 0 Å². The Balaban J connectivity index is 1.72. The lowest BCUT2D eigenvalue weighted by Gasteiger charge is -2.10. The minimum Gasteiger partial charge on any atom is -0.315 e. The van der Waals surface area contributed by atoms with Gasteiger partial charge in [-0.3, -0.25) is 0 Å². The molecule has 2 nitrogen and oxygen atoms in total. The zero-order valence-corrected chi connectivity index (χ0v) is 9.10. The Bertz CT molecular complexity index is 121. The van der Waals surface area contributed by atoms with Crippen LogP contribution in [0.5, 0.6) is 0 Å². The third-order valence-electron chi connectivity index (χ3n) is 2.80. The van der Waals surface area contributed by atoms with Crippen molar-refractivity contribution in [2.75, 3.05) is 26.2 Å². The molecule has 0 aromatic carbocycles. The molecule has 1 unspecified atom stereocenters. The average Bonchev–Trinajstić information content (AvgIpc) is 2.94. The van der Waals surface area contributed by atoms with Gasteiger partial charge in [0.2, 0.25) is 0 Å². The molecule has 2 N–H and O–H groups in total. The van der Waals surface area contributed by atoms with Gasteiger partial charge in [-0.15, -0.1) is 0 Å². The Labute approximate surface area is 82.5 Å². The summed E-state index contributed by atoms with van der Waals surface area (Å²) in [4.78, 5) is 0. The number of hydrogen-bond acceptors (Lipinski definition) is 2. The number of rotatable bonds is 8. The van der Waals surface area contributed by atoms with Gasteiger partial charge >= 0.3 is 0 Å². The van der Waals surface area contributed by atoms with Crippen LogP contribution in [-0.4, -0.2) is 26.2 Å². The van der Waals surface area contributed by atoms with Crippen molar-refractivity contribution in [3.63, 3.8) is 0 Å². The molecule has 1 atom stereocenters. The van der Waals surface area contributed by atoms with E-state index in [1.165, 1.54) is 32.4 Å². The Kier molecular flexibility index (Phi) is 5.40. The van der Waals surface area contributed by atoms with Crippen molar-refractivity contribution in [1.82, 2.24) is 10.6 Å². The van der Waals surface area contributed by atoms with E-state index in [2.05, 4.69) is 24.5 Å². The molecular formula is C11H24N2. The van der Waals surface area contributed by atoms with Gasteiger partial charge in [-0.2, -0.15) is 0 Å². The normalized spacial score (nSPS) is 18.9. The van der Waals surface area contributed by atoms with Gasteiger partial charge in [-0.1, -0.05) is 20.3 Å². The van der Waals surface area contributed by atoms with Crippen molar-refractivity contribution in [2.24, 2.45) is 11.8 Å². The second-order valence-electron chi connectivity index (χ2n) is 4.37. The molecule has 13 heavy (non-hydrogen) atoms. The third kappa shape index (κ3) is 6.05. The van der Waals surface area contributed by atoms with Gasteiger partial charge in [-0.25, -0.2) is 0 Å². The van der Waals surface area contributed by atoms with E-state index in [0.717, 1.165) is 24.9 Å². The van der Waals surface area contributed by atoms with Crippen molar-refractivity contribution in [3.8, 4) is 0 Å². The Morgan fingerprint density at radius 3 is 2.54 bits per heavy atom. The molecule has 1 aliphatic rings. The highest BCUT2D eigenvalue weighted by molar-refractivity contribution is 4.75. The standard InChI is InChI=1S/C11H24N2/c1-3-10(2)8-12-6-7-13-9-11-4-5-11/h10-13H,3-9H2,1-2H3. The molecule has 2 heteroatoms. The highest BCUT2D eigenvalue weighted by Crippen LogP contribution is 2.27. The van der Waals surface area contributed by atoms with E-state index < -0.39 is 0 Å². The van der Waals surface area contributed by atoms with E-state index in [0.29, 0.717) is 0 Å². The van der Waals surface area contributed by atoms with Crippen LogP contribution in [-0.2, 0) is 0 Å². The van der Waals surface area contributed by atoms with E-state index in [4.69, 9.17) is 0 Å². The molecule has 1 rings (SSSR count). The fraction of sp³-hybridized carbons (Fsp3) is 1.00. The molecule has 0 radical (unpaired) electrons. The highest BCUT2D eigenvalue weighted by Gasteiger charge is 2.19. The smallest absolute Gasteiger partial charge is 0.00768 e. The zero-order valence-electron chi connectivity index (χ0n) is 9.10. The van der Waals surface area contributed by atoms with Crippen LogP contribution in [0.3, 0.4) is 0 Å². The molecule has 0 aromatic rings. The molecule has 1 saturated carbocycles. The Morgan fingerprint density at radius 1 is 1.23 bits per heavy atom. The van der Waals surface area contributed by atoms with Crippen molar-refractivity contribution in [2.45, 2.75) is 33.1 Å². The lowest BCUT2D eigenvalue weighted by molar-refractivity contribution is 0.491. The summed E-state index contributed by atoms with van der Waals surface area (Å²) in [5, 5.41) is 6.94. The summed E-state index contributed by atoms with van der Waals surface area (Å²) in [5.74, 6) is 1.83. The first kappa shape index (κ1) is 11.0. The lowest BCUT2D eigenvalue weighted by atomic mass is 10.1. The monoisotopic (exact) mass is 184 g/mol. The van der Waals surface area contributed by atoms with E-state index in [-0.39, 0.29) is 0 Å². The predicted octanol–water partition coefficient (Wildman–Crippen LogP) is 1.62. The second-order valence-corrected chi connectivity index (χ2v) is 4.37. The average molecular weight is 184 g/mol. The van der Waals surface area contributed by atoms with Gasteiger partial charge in [0, 0.05) is 13.1 Å². The third-order valence-corrected chi connectivity index (χ3v) is 2.80. The first-order valence-corrected chi connectivity index (χ1v) is 5.74. The van der Waals surface area contributed by atoms with Crippen LogP contribution >= 0.6 is 0 Å². The van der Waals surface area contributed by atoms with Gasteiger partial charge in [0.25, 0.3) is 0 Å². The van der Waals surface area contributed by atoms with Gasteiger partial charge in [0.05, 0.1) is 0 Å². The molecule has 0 bridgehead atoms. The SMILES string of the molecule is CCC(C)CNCCNCC1CC1. The molecule has 0 aliphatic heterocycles. The molecule has 0 heterocycles. The summed E-state index contributed by atoms with van der Waals surface area (Å²) in [6.45, 7) is 9.21. The van der Waals surface area contributed by atoms with Crippen molar-refractivity contribution >= 4 is 0 Å². The fourth-order valence-electron chi connectivity index (χ4n) is 1.30. The van der Waals surface area contributed by atoms with E-state index in [9.17, 15) is 0 Å². The molecule has 0 amide bonds. The molecule has 78 valence electrons. The first-order chi connectivity index (χ1) is 6.33. The van der Waals surface area contributed by atoms with Gasteiger partial charge in [0.15, 0.2) is 0 Å². The topological polar surface area (TPSA) is 24.1 Å². The summed E-state index contributed by atoms with van der Waals surface area (Å²) in [6.07, 6.45) is 4.18. The summed E-state index contributed by atoms with van der Waals surface area (Å²) < 4.78 is 0. The molecule has 0 spiro atoms. The van der Waals surface area contributed by atoms with Crippen molar-refractivity contribution in [1.29, 1.82) is 0 Å². The maximum absolute atomic E-state index is 3.48. The largest absolute Gasteiger partial charge is 0.315 e. The van der Waals surface area contributed by atoms with Gasteiger partial charge < -0.3 is 10.6 Å². The van der Waals surface area contributed by atoms with E-state index in [1.807, 2.05) is 0 Å². The van der Waals surface area contributed by atoms with Crippen LogP contribution < -0.4 is 10.6 Å². The molecule has 1 aliphatic carbocycles. The summed E-state index contributed by atoms with van der Waals surface area (Å²) in [7, 11) is 0. The minimum absolute atomic E-state index is 0.823.